The minimum Gasteiger partial charge on any atom is -0.466 e. The van der Waals surface area contributed by atoms with Gasteiger partial charge in [0.15, 0.2) is 6.10 Å². The molecule has 0 N–H and O–H groups in total. The van der Waals surface area contributed by atoms with Gasteiger partial charge in [0.1, 0.15) is 13.2 Å². The summed E-state index contributed by atoms with van der Waals surface area (Å²) in [5.41, 5.74) is 0. The first-order valence-electron chi connectivity index (χ1n) is 19.1. The molecule has 0 saturated heterocycles. The van der Waals surface area contributed by atoms with Crippen LogP contribution in [0.1, 0.15) is 194 Å². The normalized spacial score (nSPS) is 11.6. The summed E-state index contributed by atoms with van der Waals surface area (Å²) in [5.74, 6) is -1.77. The summed E-state index contributed by atoms with van der Waals surface area (Å²) in [6.07, 6.45) is 26.5. The van der Waals surface area contributed by atoms with Gasteiger partial charge in [0.2, 0.25) is 0 Å². The van der Waals surface area contributed by atoms with Crippen LogP contribution in [0.5, 0.6) is 0 Å². The highest BCUT2D eigenvalue weighted by molar-refractivity contribution is 5.77. The van der Waals surface area contributed by atoms with Crippen LogP contribution in [-0.4, -0.2) is 49.8 Å². The van der Waals surface area contributed by atoms with Gasteiger partial charge in [-0.05, 0) is 19.3 Å². The molecule has 46 heavy (non-hydrogen) atoms. The average Bonchev–Trinajstić information content (AvgIpc) is 3.05. The van der Waals surface area contributed by atoms with Crippen molar-refractivity contribution in [2.45, 2.75) is 200 Å². The lowest BCUT2D eigenvalue weighted by molar-refractivity contribution is -0.167. The van der Waals surface area contributed by atoms with Crippen molar-refractivity contribution in [3.05, 3.63) is 0 Å². The molecule has 8 heteroatoms. The maximum Gasteiger partial charge on any atom is 0.306 e. The Morgan fingerprint density at radius 3 is 1.09 bits per heavy atom. The van der Waals surface area contributed by atoms with Crippen LogP contribution < -0.4 is 0 Å². The van der Waals surface area contributed by atoms with E-state index in [9.17, 15) is 19.2 Å². The first-order chi connectivity index (χ1) is 22.4. The van der Waals surface area contributed by atoms with Crippen molar-refractivity contribution in [3.63, 3.8) is 0 Å². The highest BCUT2D eigenvalue weighted by Gasteiger charge is 2.20. The number of ether oxygens (including phenoxy) is 4. The van der Waals surface area contributed by atoms with Gasteiger partial charge in [0.25, 0.3) is 0 Å². The second kappa shape index (κ2) is 34.2. The van der Waals surface area contributed by atoms with Crippen LogP contribution in [-0.2, 0) is 38.1 Å². The lowest BCUT2D eigenvalue weighted by Crippen LogP contribution is -2.31. The third-order valence-electron chi connectivity index (χ3n) is 8.13. The Labute approximate surface area is 281 Å². The van der Waals surface area contributed by atoms with E-state index >= 15 is 0 Å². The van der Waals surface area contributed by atoms with Gasteiger partial charge in [-0.1, -0.05) is 149 Å². The number of unbranched alkanes of at least 4 members (excludes halogenated alkanes) is 20. The van der Waals surface area contributed by atoms with Crippen molar-refractivity contribution in [2.75, 3.05) is 19.8 Å². The van der Waals surface area contributed by atoms with Crippen molar-refractivity contribution < 1.29 is 38.1 Å². The molecule has 0 saturated carbocycles. The van der Waals surface area contributed by atoms with Crippen LogP contribution in [0, 0.1) is 0 Å². The second-order valence-corrected chi connectivity index (χ2v) is 12.8. The third-order valence-corrected chi connectivity index (χ3v) is 8.13. The molecule has 0 bridgehead atoms. The van der Waals surface area contributed by atoms with Gasteiger partial charge in [-0.2, -0.15) is 0 Å². The van der Waals surface area contributed by atoms with Gasteiger partial charge >= 0.3 is 23.9 Å². The van der Waals surface area contributed by atoms with Gasteiger partial charge in [-0.25, -0.2) is 0 Å². The Hall–Kier alpha value is -2.12. The van der Waals surface area contributed by atoms with Crippen molar-refractivity contribution >= 4 is 23.9 Å². The zero-order valence-electron chi connectivity index (χ0n) is 30.1. The fourth-order valence-electron chi connectivity index (χ4n) is 5.24. The Kier molecular flexibility index (Phi) is 32.6. The summed E-state index contributed by atoms with van der Waals surface area (Å²) in [7, 11) is 0. The predicted octanol–water partition coefficient (Wildman–Crippen LogP) is 10.1. The van der Waals surface area contributed by atoms with Crippen molar-refractivity contribution in [3.8, 4) is 0 Å². The maximum absolute atomic E-state index is 12.5. The molecule has 0 heterocycles. The highest BCUT2D eigenvalue weighted by Crippen LogP contribution is 2.14. The molecule has 0 aliphatic rings. The first-order valence-corrected chi connectivity index (χ1v) is 19.1. The smallest absolute Gasteiger partial charge is 0.306 e. The number of hydrogen-bond acceptors (Lipinski definition) is 8. The minimum atomic E-state index is -0.877. The zero-order chi connectivity index (χ0) is 33.9. The molecule has 0 amide bonds. The minimum absolute atomic E-state index is 0.0733. The highest BCUT2D eigenvalue weighted by atomic mass is 16.6. The van der Waals surface area contributed by atoms with E-state index in [0.29, 0.717) is 19.4 Å². The number of rotatable bonds is 34. The van der Waals surface area contributed by atoms with Gasteiger partial charge in [0.05, 0.1) is 19.4 Å². The number of esters is 4. The molecule has 0 radical (unpaired) electrons. The zero-order valence-corrected chi connectivity index (χ0v) is 30.1. The Morgan fingerprint density at radius 1 is 0.370 bits per heavy atom. The summed E-state index contributed by atoms with van der Waals surface area (Å²) >= 11 is 0. The van der Waals surface area contributed by atoms with Gasteiger partial charge in [-0.15, -0.1) is 0 Å². The van der Waals surface area contributed by atoms with Crippen LogP contribution in [0.2, 0.25) is 0 Å². The van der Waals surface area contributed by atoms with Crippen LogP contribution in [0.25, 0.3) is 0 Å². The molecular formula is C38H70O8. The van der Waals surface area contributed by atoms with E-state index in [1.807, 2.05) is 6.92 Å². The summed E-state index contributed by atoms with van der Waals surface area (Å²) in [4.78, 5) is 48.8. The molecule has 0 aromatic rings. The fourth-order valence-corrected chi connectivity index (χ4v) is 5.24. The lowest BCUT2D eigenvalue weighted by atomic mass is 10.1. The molecule has 0 aliphatic carbocycles. The monoisotopic (exact) mass is 655 g/mol. The summed E-state index contributed by atoms with van der Waals surface area (Å²) in [6, 6.07) is 0. The third kappa shape index (κ3) is 31.8. The molecule has 0 spiro atoms. The van der Waals surface area contributed by atoms with E-state index < -0.39 is 18.0 Å². The molecule has 270 valence electrons. The Morgan fingerprint density at radius 2 is 0.696 bits per heavy atom. The summed E-state index contributed by atoms with van der Waals surface area (Å²) < 4.78 is 21.2. The average molecular weight is 655 g/mol. The van der Waals surface area contributed by atoms with Crippen molar-refractivity contribution in [2.24, 2.45) is 0 Å². The molecule has 0 aromatic heterocycles. The molecule has 0 fully saturated rings. The largest absolute Gasteiger partial charge is 0.466 e. The van der Waals surface area contributed by atoms with Gasteiger partial charge < -0.3 is 18.9 Å². The van der Waals surface area contributed by atoms with E-state index in [4.69, 9.17) is 18.9 Å². The SMILES string of the molecule is CCCCCCCCCCCCCC(=O)OCC(COC(=O)CCC(=O)OCCC)OC(=O)CCCCCCCCCCCCC. The van der Waals surface area contributed by atoms with Crippen molar-refractivity contribution in [1.82, 2.24) is 0 Å². The maximum atomic E-state index is 12.5. The molecule has 0 aliphatic heterocycles. The summed E-state index contributed by atoms with van der Waals surface area (Å²) in [5, 5.41) is 0. The van der Waals surface area contributed by atoms with Crippen LogP contribution in [0.15, 0.2) is 0 Å². The first kappa shape index (κ1) is 43.9. The predicted molar refractivity (Wildman–Crippen MR) is 184 cm³/mol. The summed E-state index contributed by atoms with van der Waals surface area (Å²) in [6.45, 7) is 6.30. The van der Waals surface area contributed by atoms with E-state index in [1.54, 1.807) is 0 Å². The fraction of sp³-hybridized carbons (Fsp3) is 0.895. The molecular weight excluding hydrogens is 584 g/mol. The number of carbonyl (C=O) groups is 4. The second-order valence-electron chi connectivity index (χ2n) is 12.8. The van der Waals surface area contributed by atoms with Gasteiger partial charge in [0, 0.05) is 12.8 Å². The van der Waals surface area contributed by atoms with Crippen LogP contribution in [0.3, 0.4) is 0 Å². The van der Waals surface area contributed by atoms with Crippen molar-refractivity contribution in [1.29, 1.82) is 0 Å². The number of carbonyl (C=O) groups excluding carboxylic acids is 4. The van der Waals surface area contributed by atoms with E-state index in [1.165, 1.54) is 103 Å². The number of hydrogen-bond donors (Lipinski definition) is 0. The molecule has 1 atom stereocenters. The topological polar surface area (TPSA) is 105 Å². The molecule has 1 unspecified atom stereocenters. The van der Waals surface area contributed by atoms with Crippen LogP contribution >= 0.6 is 0 Å². The van der Waals surface area contributed by atoms with Crippen LogP contribution in [0.4, 0.5) is 0 Å². The standard InChI is InChI=1S/C38H70O8/c1-4-7-9-11-13-15-17-19-21-23-25-27-35(39)44-32-34(33-45-37(41)30-29-36(40)43-31-6-3)46-38(42)28-26-24-22-20-18-16-14-12-10-8-5-2/h34H,4-33H2,1-3H3. The molecule has 0 rings (SSSR count). The quantitative estimate of drug-likeness (QED) is 0.0383. The lowest BCUT2D eigenvalue weighted by Gasteiger charge is -2.18. The van der Waals surface area contributed by atoms with E-state index in [0.717, 1.165) is 38.5 Å². The van der Waals surface area contributed by atoms with Gasteiger partial charge in [-0.3, -0.25) is 19.2 Å². The van der Waals surface area contributed by atoms with E-state index in [-0.39, 0.29) is 44.4 Å². The van der Waals surface area contributed by atoms with E-state index in [2.05, 4.69) is 13.8 Å². The molecule has 0 aromatic carbocycles. The molecule has 8 nitrogen and oxygen atoms in total. The Bertz CT molecular complexity index is 738. The Balaban J connectivity index is 4.35.